The van der Waals surface area contributed by atoms with Crippen LogP contribution in [-0.4, -0.2) is 21.7 Å². The Kier molecular flexibility index (Phi) is 6.61. The third-order valence-corrected chi connectivity index (χ3v) is 8.35. The van der Waals surface area contributed by atoms with Crippen LogP contribution in [0.3, 0.4) is 0 Å². The summed E-state index contributed by atoms with van der Waals surface area (Å²) >= 11 is 15.3. The van der Waals surface area contributed by atoms with Gasteiger partial charge in [-0.3, -0.25) is 9.69 Å². The van der Waals surface area contributed by atoms with E-state index < -0.39 is 5.92 Å². The SMILES string of the molecule is C=CCSc1nnc(N2C(N)=C(C#N)C(c3ccc(Cl)c(Cl)c3)C3=C2CC(C)(C)CC3=O)s1. The summed E-state index contributed by atoms with van der Waals surface area (Å²) in [7, 11) is 0. The number of nitriles is 1. The molecule has 2 N–H and O–H groups in total. The Morgan fingerprint density at radius 1 is 1.36 bits per heavy atom. The van der Waals surface area contributed by atoms with Gasteiger partial charge in [-0.05, 0) is 29.5 Å². The minimum absolute atomic E-state index is 0.0201. The van der Waals surface area contributed by atoms with Crippen LogP contribution in [0, 0.1) is 16.7 Å². The van der Waals surface area contributed by atoms with E-state index in [1.165, 1.54) is 23.1 Å². The maximum atomic E-state index is 13.5. The quantitative estimate of drug-likeness (QED) is 0.379. The van der Waals surface area contributed by atoms with Crippen molar-refractivity contribution in [2.75, 3.05) is 10.7 Å². The van der Waals surface area contributed by atoms with E-state index in [1.807, 2.05) is 13.8 Å². The molecule has 0 saturated heterocycles. The van der Waals surface area contributed by atoms with Crippen LogP contribution in [0.15, 0.2) is 57.9 Å². The second-order valence-corrected chi connectivity index (χ2v) is 11.6. The molecule has 0 saturated carbocycles. The molecular formula is C23H21Cl2N5OS2. The van der Waals surface area contributed by atoms with Crippen molar-refractivity contribution in [3.05, 3.63) is 69.1 Å². The van der Waals surface area contributed by atoms with Crippen molar-refractivity contribution < 1.29 is 4.79 Å². The van der Waals surface area contributed by atoms with Gasteiger partial charge in [0.2, 0.25) is 5.13 Å². The molecule has 170 valence electrons. The van der Waals surface area contributed by atoms with Crippen molar-refractivity contribution in [3.63, 3.8) is 0 Å². The fourth-order valence-electron chi connectivity index (χ4n) is 4.23. The molecule has 2 heterocycles. The zero-order chi connectivity index (χ0) is 23.9. The van der Waals surface area contributed by atoms with E-state index in [-0.39, 0.29) is 22.6 Å². The van der Waals surface area contributed by atoms with Gasteiger partial charge in [-0.1, -0.05) is 72.3 Å². The Hall–Kier alpha value is -2.31. The molecule has 0 bridgehead atoms. The first kappa shape index (κ1) is 23.8. The third kappa shape index (κ3) is 4.43. The molecule has 1 aromatic heterocycles. The summed E-state index contributed by atoms with van der Waals surface area (Å²) in [4.78, 5) is 15.2. The lowest BCUT2D eigenvalue weighted by atomic mass is 9.69. The highest BCUT2D eigenvalue weighted by atomic mass is 35.5. The first-order valence-corrected chi connectivity index (χ1v) is 12.7. The van der Waals surface area contributed by atoms with Crippen molar-refractivity contribution in [1.82, 2.24) is 10.2 Å². The highest BCUT2D eigenvalue weighted by Crippen LogP contribution is 2.51. The van der Waals surface area contributed by atoms with Crippen molar-refractivity contribution in [2.45, 2.75) is 36.9 Å². The molecule has 1 aromatic carbocycles. The number of carbonyl (C=O) groups is 1. The Morgan fingerprint density at radius 2 is 2.12 bits per heavy atom. The van der Waals surface area contributed by atoms with Gasteiger partial charge in [0.25, 0.3) is 0 Å². The molecular weight excluding hydrogens is 497 g/mol. The number of Topliss-reactive ketones (excluding diaryl/α,β-unsaturated/α-hetero) is 1. The normalized spacial score (nSPS) is 20.0. The molecule has 1 atom stereocenters. The van der Waals surface area contributed by atoms with Crippen LogP contribution in [0.25, 0.3) is 0 Å². The summed E-state index contributed by atoms with van der Waals surface area (Å²) < 4.78 is 0.756. The van der Waals surface area contributed by atoms with Crippen LogP contribution in [0.5, 0.6) is 0 Å². The van der Waals surface area contributed by atoms with Crippen molar-refractivity contribution in [3.8, 4) is 6.07 Å². The number of hydrogen-bond acceptors (Lipinski definition) is 8. The average Bonchev–Trinajstić information content (AvgIpc) is 3.21. The zero-order valence-corrected chi connectivity index (χ0v) is 21.2. The summed E-state index contributed by atoms with van der Waals surface area (Å²) in [5, 5.41) is 20.0. The molecule has 1 unspecified atom stereocenters. The number of allylic oxidation sites excluding steroid dienone is 3. The van der Waals surface area contributed by atoms with Crippen LogP contribution >= 0.6 is 46.3 Å². The Labute approximate surface area is 210 Å². The van der Waals surface area contributed by atoms with Gasteiger partial charge in [0.1, 0.15) is 5.82 Å². The molecule has 1 aliphatic heterocycles. The highest BCUT2D eigenvalue weighted by Gasteiger charge is 2.45. The summed E-state index contributed by atoms with van der Waals surface area (Å²) in [6.45, 7) is 7.83. The molecule has 0 radical (unpaired) electrons. The second-order valence-electron chi connectivity index (χ2n) is 8.60. The maximum Gasteiger partial charge on any atom is 0.219 e. The van der Waals surface area contributed by atoms with Gasteiger partial charge in [0.05, 0.1) is 27.6 Å². The van der Waals surface area contributed by atoms with Crippen LogP contribution in [0.4, 0.5) is 5.13 Å². The van der Waals surface area contributed by atoms with E-state index in [9.17, 15) is 10.1 Å². The second kappa shape index (κ2) is 9.15. The van der Waals surface area contributed by atoms with E-state index in [0.29, 0.717) is 44.9 Å². The standard InChI is InChI=1S/C23H21Cl2N5OS2/c1-4-7-32-22-29-28-21(33-22)30-16-9-23(2,3)10-17(31)19(16)18(13(11-26)20(30)27)12-5-6-14(24)15(25)8-12/h4-6,8,18H,1,7,9-10,27H2,2-3H3. The topological polar surface area (TPSA) is 95.9 Å². The summed E-state index contributed by atoms with van der Waals surface area (Å²) in [5.41, 5.74) is 8.61. The number of thioether (sulfide) groups is 1. The first-order chi connectivity index (χ1) is 15.7. The fourth-order valence-corrected chi connectivity index (χ4v) is 6.18. The highest BCUT2D eigenvalue weighted by molar-refractivity contribution is 8.01. The number of hydrogen-bond donors (Lipinski definition) is 1. The third-order valence-electron chi connectivity index (χ3n) is 5.57. The smallest absolute Gasteiger partial charge is 0.219 e. The number of ketones is 1. The van der Waals surface area contributed by atoms with E-state index in [4.69, 9.17) is 28.9 Å². The number of anilines is 1. The molecule has 33 heavy (non-hydrogen) atoms. The molecule has 6 nitrogen and oxygen atoms in total. The maximum absolute atomic E-state index is 13.5. The first-order valence-electron chi connectivity index (χ1n) is 10.1. The van der Waals surface area contributed by atoms with E-state index in [1.54, 1.807) is 29.2 Å². The van der Waals surface area contributed by atoms with Crippen LogP contribution in [-0.2, 0) is 4.79 Å². The molecule has 2 aliphatic rings. The van der Waals surface area contributed by atoms with Gasteiger partial charge >= 0.3 is 0 Å². The van der Waals surface area contributed by atoms with Gasteiger partial charge in [-0.2, -0.15) is 5.26 Å². The van der Waals surface area contributed by atoms with Crippen LogP contribution in [0.1, 0.15) is 38.2 Å². The lowest BCUT2D eigenvalue weighted by Crippen LogP contribution is -2.42. The molecule has 1 aliphatic carbocycles. The number of aromatic nitrogens is 2. The molecule has 4 rings (SSSR count). The number of carbonyl (C=O) groups excluding carboxylic acids is 1. The minimum Gasteiger partial charge on any atom is -0.384 e. The van der Waals surface area contributed by atoms with Crippen molar-refractivity contribution >= 4 is 57.2 Å². The average molecular weight is 518 g/mol. The summed E-state index contributed by atoms with van der Waals surface area (Å²) in [6.07, 6.45) is 2.76. The Morgan fingerprint density at radius 3 is 2.79 bits per heavy atom. The van der Waals surface area contributed by atoms with Gasteiger partial charge < -0.3 is 5.73 Å². The fraction of sp³-hybridized carbons (Fsp3) is 0.304. The van der Waals surface area contributed by atoms with Crippen LogP contribution < -0.4 is 10.6 Å². The number of nitrogens with zero attached hydrogens (tertiary/aromatic N) is 4. The summed E-state index contributed by atoms with van der Waals surface area (Å²) in [6, 6.07) is 7.39. The van der Waals surface area contributed by atoms with Crippen molar-refractivity contribution in [1.29, 1.82) is 5.26 Å². The Balaban J connectivity index is 1.93. The van der Waals surface area contributed by atoms with E-state index in [2.05, 4.69) is 22.8 Å². The Bertz CT molecular complexity index is 1260. The molecule has 10 heteroatoms. The number of benzene rings is 1. The predicted molar refractivity (Wildman–Crippen MR) is 134 cm³/mol. The molecule has 0 amide bonds. The van der Waals surface area contributed by atoms with Crippen LogP contribution in [0.2, 0.25) is 10.0 Å². The number of rotatable bonds is 5. The monoisotopic (exact) mass is 517 g/mol. The predicted octanol–water partition coefficient (Wildman–Crippen LogP) is 6.06. The summed E-state index contributed by atoms with van der Waals surface area (Å²) in [5.74, 6) is 0.298. The van der Waals surface area contributed by atoms with Gasteiger partial charge in [-0.15, -0.1) is 16.8 Å². The zero-order valence-electron chi connectivity index (χ0n) is 18.1. The molecule has 2 aromatic rings. The number of nitrogens with two attached hydrogens (primary N) is 1. The van der Waals surface area contributed by atoms with Crippen molar-refractivity contribution in [2.24, 2.45) is 11.1 Å². The lowest BCUT2D eigenvalue weighted by Gasteiger charge is -2.42. The minimum atomic E-state index is -0.623. The van der Waals surface area contributed by atoms with E-state index >= 15 is 0 Å². The molecule has 0 spiro atoms. The van der Waals surface area contributed by atoms with Gasteiger partial charge in [0.15, 0.2) is 10.1 Å². The van der Waals surface area contributed by atoms with Gasteiger partial charge in [0, 0.05) is 23.4 Å². The van der Waals surface area contributed by atoms with E-state index in [0.717, 1.165) is 10.0 Å². The number of halogens is 2. The molecule has 0 fully saturated rings. The van der Waals surface area contributed by atoms with Gasteiger partial charge in [-0.25, -0.2) is 0 Å². The lowest BCUT2D eigenvalue weighted by molar-refractivity contribution is -0.118. The largest absolute Gasteiger partial charge is 0.384 e.